The standard InChI is InChI=1S/C28H28N2/c1-18-13-15-19(16-14-18)17-22-20-9-5-7-11-23(20)30-27-25(28(2,3)4)21-10-6-8-12-24(21)29-26(22)27/h5-16,25,29H,17H2,1-4H3. The number of aryl methyl sites for hydroxylation is 1. The van der Waals surface area contributed by atoms with Crippen LogP contribution in [0.25, 0.3) is 10.9 Å². The van der Waals surface area contributed by atoms with Crippen molar-refractivity contribution in [1.29, 1.82) is 0 Å². The van der Waals surface area contributed by atoms with E-state index in [0.29, 0.717) is 0 Å². The average Bonchev–Trinajstić information content (AvgIpc) is 2.72. The molecule has 30 heavy (non-hydrogen) atoms. The highest BCUT2D eigenvalue weighted by atomic mass is 14.9. The number of fused-ring (bicyclic) bond motifs is 3. The van der Waals surface area contributed by atoms with Crippen molar-refractivity contribution >= 4 is 22.3 Å². The summed E-state index contributed by atoms with van der Waals surface area (Å²) < 4.78 is 0. The molecule has 0 spiro atoms. The number of nitrogens with one attached hydrogen (secondary N) is 1. The Labute approximate surface area is 179 Å². The molecule has 150 valence electrons. The van der Waals surface area contributed by atoms with Crippen LogP contribution in [0.4, 0.5) is 11.4 Å². The Morgan fingerprint density at radius 1 is 0.867 bits per heavy atom. The minimum absolute atomic E-state index is 0.0591. The Balaban J connectivity index is 1.78. The molecular formula is C28H28N2. The van der Waals surface area contributed by atoms with Crippen molar-refractivity contribution in [2.75, 3.05) is 5.32 Å². The predicted molar refractivity (Wildman–Crippen MR) is 127 cm³/mol. The van der Waals surface area contributed by atoms with Gasteiger partial charge in [-0.2, -0.15) is 0 Å². The summed E-state index contributed by atoms with van der Waals surface area (Å²) in [5, 5.41) is 5.01. The molecule has 1 N–H and O–H groups in total. The van der Waals surface area contributed by atoms with E-state index in [1.165, 1.54) is 44.7 Å². The van der Waals surface area contributed by atoms with Gasteiger partial charge >= 0.3 is 0 Å². The summed E-state index contributed by atoms with van der Waals surface area (Å²) in [7, 11) is 0. The molecule has 1 atom stereocenters. The van der Waals surface area contributed by atoms with Crippen LogP contribution in [0.3, 0.4) is 0 Å². The van der Waals surface area contributed by atoms with E-state index in [-0.39, 0.29) is 11.3 Å². The second-order valence-electron chi connectivity index (χ2n) is 9.54. The third-order valence-electron chi connectivity index (χ3n) is 6.20. The van der Waals surface area contributed by atoms with Crippen LogP contribution in [0.15, 0.2) is 72.8 Å². The number of benzene rings is 3. The Hall–Kier alpha value is -3.13. The van der Waals surface area contributed by atoms with Gasteiger partial charge in [0.05, 0.1) is 16.9 Å². The molecule has 1 unspecified atom stereocenters. The Bertz CT molecular complexity index is 1230. The molecule has 3 aromatic carbocycles. The SMILES string of the molecule is Cc1ccc(Cc2c3c(nc4ccccc24)C(C(C)(C)C)c2ccccc2N3)cc1. The maximum atomic E-state index is 5.22. The number of hydrogen-bond acceptors (Lipinski definition) is 2. The summed E-state index contributed by atoms with van der Waals surface area (Å²) >= 11 is 0. The predicted octanol–water partition coefficient (Wildman–Crippen LogP) is 7.37. The summed E-state index contributed by atoms with van der Waals surface area (Å²) in [5.41, 5.74) is 9.98. The number of pyridine rings is 1. The lowest BCUT2D eigenvalue weighted by molar-refractivity contribution is 0.353. The fourth-order valence-electron chi connectivity index (χ4n) is 4.76. The molecule has 0 saturated carbocycles. The molecule has 2 nitrogen and oxygen atoms in total. The van der Waals surface area contributed by atoms with Gasteiger partial charge in [-0.1, -0.05) is 87.0 Å². The molecule has 1 aromatic heterocycles. The third-order valence-corrected chi connectivity index (χ3v) is 6.20. The molecule has 4 aromatic rings. The second-order valence-corrected chi connectivity index (χ2v) is 9.54. The van der Waals surface area contributed by atoms with Gasteiger partial charge in [-0.05, 0) is 41.2 Å². The first-order chi connectivity index (χ1) is 14.4. The Kier molecular flexibility index (Phi) is 4.39. The maximum Gasteiger partial charge on any atom is 0.0729 e. The zero-order valence-corrected chi connectivity index (χ0v) is 18.2. The molecule has 0 aliphatic carbocycles. The third kappa shape index (κ3) is 3.17. The molecular weight excluding hydrogens is 364 g/mol. The summed E-state index contributed by atoms with van der Waals surface area (Å²) in [6, 6.07) is 26.2. The van der Waals surface area contributed by atoms with Crippen LogP contribution in [-0.4, -0.2) is 4.98 Å². The highest BCUT2D eigenvalue weighted by Crippen LogP contribution is 2.51. The molecule has 5 rings (SSSR count). The zero-order valence-electron chi connectivity index (χ0n) is 18.2. The van der Waals surface area contributed by atoms with Crippen LogP contribution in [0, 0.1) is 12.3 Å². The normalized spacial score (nSPS) is 15.4. The first kappa shape index (κ1) is 18.9. The summed E-state index contributed by atoms with van der Waals surface area (Å²) in [4.78, 5) is 5.22. The molecule has 0 saturated heterocycles. The smallest absolute Gasteiger partial charge is 0.0729 e. The monoisotopic (exact) mass is 392 g/mol. The largest absolute Gasteiger partial charge is 0.354 e. The number of nitrogens with zero attached hydrogens (tertiary/aromatic N) is 1. The van der Waals surface area contributed by atoms with E-state index in [1.54, 1.807) is 0 Å². The van der Waals surface area contributed by atoms with E-state index in [2.05, 4.69) is 106 Å². The minimum atomic E-state index is 0.0591. The molecule has 0 fully saturated rings. The van der Waals surface area contributed by atoms with Gasteiger partial charge < -0.3 is 5.32 Å². The number of hydrogen-bond donors (Lipinski definition) is 1. The number of para-hydroxylation sites is 2. The van der Waals surface area contributed by atoms with E-state index in [1.807, 2.05) is 0 Å². The molecule has 0 bridgehead atoms. The van der Waals surface area contributed by atoms with Crippen molar-refractivity contribution in [2.45, 2.75) is 40.0 Å². The lowest BCUT2D eigenvalue weighted by atomic mass is 9.71. The van der Waals surface area contributed by atoms with E-state index in [9.17, 15) is 0 Å². The summed E-state index contributed by atoms with van der Waals surface area (Å²) in [6.07, 6.45) is 0.887. The van der Waals surface area contributed by atoms with Crippen LogP contribution in [0.1, 0.15) is 54.6 Å². The molecule has 0 radical (unpaired) electrons. The maximum absolute atomic E-state index is 5.22. The molecule has 1 aliphatic rings. The van der Waals surface area contributed by atoms with Gasteiger partial charge in [0.2, 0.25) is 0 Å². The van der Waals surface area contributed by atoms with Crippen LogP contribution >= 0.6 is 0 Å². The van der Waals surface area contributed by atoms with Crippen LogP contribution < -0.4 is 5.32 Å². The highest BCUT2D eigenvalue weighted by molar-refractivity contribution is 5.91. The van der Waals surface area contributed by atoms with Crippen molar-refractivity contribution < 1.29 is 0 Å². The average molecular weight is 393 g/mol. The molecule has 1 aliphatic heterocycles. The Morgan fingerprint density at radius 3 is 2.33 bits per heavy atom. The minimum Gasteiger partial charge on any atom is -0.354 e. The van der Waals surface area contributed by atoms with E-state index in [0.717, 1.165) is 11.9 Å². The zero-order chi connectivity index (χ0) is 20.9. The van der Waals surface area contributed by atoms with E-state index in [4.69, 9.17) is 4.98 Å². The highest BCUT2D eigenvalue weighted by Gasteiger charge is 2.37. The Morgan fingerprint density at radius 2 is 1.57 bits per heavy atom. The first-order valence-corrected chi connectivity index (χ1v) is 10.7. The molecule has 2 heteroatoms. The van der Waals surface area contributed by atoms with Crippen molar-refractivity contribution in [3.63, 3.8) is 0 Å². The van der Waals surface area contributed by atoms with Gasteiger partial charge in [0, 0.05) is 23.4 Å². The molecule has 2 heterocycles. The van der Waals surface area contributed by atoms with Crippen molar-refractivity contribution in [1.82, 2.24) is 4.98 Å². The van der Waals surface area contributed by atoms with Crippen molar-refractivity contribution in [3.05, 3.63) is 101 Å². The van der Waals surface area contributed by atoms with E-state index >= 15 is 0 Å². The fourth-order valence-corrected chi connectivity index (χ4v) is 4.76. The lowest BCUT2D eigenvalue weighted by Crippen LogP contribution is -2.26. The second kappa shape index (κ2) is 6.98. The van der Waals surface area contributed by atoms with E-state index < -0.39 is 0 Å². The van der Waals surface area contributed by atoms with Gasteiger partial charge in [-0.15, -0.1) is 0 Å². The first-order valence-electron chi connectivity index (χ1n) is 10.7. The quantitative estimate of drug-likeness (QED) is 0.385. The van der Waals surface area contributed by atoms with Crippen LogP contribution in [0.2, 0.25) is 0 Å². The van der Waals surface area contributed by atoms with Crippen LogP contribution in [-0.2, 0) is 6.42 Å². The molecule has 0 amide bonds. The lowest BCUT2D eigenvalue weighted by Gasteiger charge is -2.38. The van der Waals surface area contributed by atoms with Gasteiger partial charge in [-0.25, -0.2) is 4.98 Å². The number of rotatable bonds is 2. The van der Waals surface area contributed by atoms with Gasteiger partial charge in [0.1, 0.15) is 0 Å². The van der Waals surface area contributed by atoms with Gasteiger partial charge in [0.25, 0.3) is 0 Å². The summed E-state index contributed by atoms with van der Waals surface area (Å²) in [6.45, 7) is 9.10. The van der Waals surface area contributed by atoms with Gasteiger partial charge in [0.15, 0.2) is 0 Å². The summed E-state index contributed by atoms with van der Waals surface area (Å²) in [5.74, 6) is 0.242. The van der Waals surface area contributed by atoms with Crippen molar-refractivity contribution in [2.24, 2.45) is 5.41 Å². The number of aromatic nitrogens is 1. The van der Waals surface area contributed by atoms with Crippen LogP contribution in [0.5, 0.6) is 0 Å². The number of anilines is 2. The van der Waals surface area contributed by atoms with Gasteiger partial charge in [-0.3, -0.25) is 0 Å². The topological polar surface area (TPSA) is 24.9 Å². The fraction of sp³-hybridized carbons (Fsp3) is 0.250. The van der Waals surface area contributed by atoms with Crippen molar-refractivity contribution in [3.8, 4) is 0 Å².